The normalized spacial score (nSPS) is 14.7. The standard InChI is InChI=1S/C17H20N2O2/c1-12(16-6-3-9-21-16)18-11-17(20)19-15-8-7-13-4-2-5-14(13)10-15/h3,6-10,12,18H,2,4-5,11H2,1H3,(H,19,20)/t12-/m1/s1. The van der Waals surface area contributed by atoms with Gasteiger partial charge in [0.15, 0.2) is 0 Å². The first kappa shape index (κ1) is 13.9. The summed E-state index contributed by atoms with van der Waals surface area (Å²) < 4.78 is 5.30. The lowest BCUT2D eigenvalue weighted by molar-refractivity contribution is -0.115. The molecule has 4 heteroatoms. The lowest BCUT2D eigenvalue weighted by atomic mass is 10.1. The zero-order valence-electron chi connectivity index (χ0n) is 12.2. The van der Waals surface area contributed by atoms with Crippen molar-refractivity contribution in [2.75, 3.05) is 11.9 Å². The second-order valence-corrected chi connectivity index (χ2v) is 5.50. The van der Waals surface area contributed by atoms with Gasteiger partial charge in [0.1, 0.15) is 5.76 Å². The van der Waals surface area contributed by atoms with Crippen LogP contribution in [0.25, 0.3) is 0 Å². The van der Waals surface area contributed by atoms with Crippen LogP contribution in [0.2, 0.25) is 0 Å². The van der Waals surface area contributed by atoms with Crippen LogP contribution in [0.15, 0.2) is 41.0 Å². The van der Waals surface area contributed by atoms with E-state index in [-0.39, 0.29) is 18.5 Å². The summed E-state index contributed by atoms with van der Waals surface area (Å²) in [5, 5.41) is 6.09. The lowest BCUT2D eigenvalue weighted by Crippen LogP contribution is -2.30. The average molecular weight is 284 g/mol. The van der Waals surface area contributed by atoms with Crippen molar-refractivity contribution in [3.8, 4) is 0 Å². The number of fused-ring (bicyclic) bond motifs is 1. The molecule has 0 aliphatic heterocycles. The van der Waals surface area contributed by atoms with E-state index < -0.39 is 0 Å². The molecule has 0 fully saturated rings. The van der Waals surface area contributed by atoms with Gasteiger partial charge >= 0.3 is 0 Å². The number of benzene rings is 1. The van der Waals surface area contributed by atoms with E-state index in [4.69, 9.17) is 4.42 Å². The van der Waals surface area contributed by atoms with Crippen molar-refractivity contribution in [1.82, 2.24) is 5.32 Å². The third-order valence-corrected chi connectivity index (χ3v) is 3.92. The van der Waals surface area contributed by atoms with Gasteiger partial charge in [-0.3, -0.25) is 10.1 Å². The Labute approximate surface area is 124 Å². The molecule has 3 rings (SSSR count). The first-order valence-electron chi connectivity index (χ1n) is 7.41. The van der Waals surface area contributed by atoms with Crippen LogP contribution in [-0.2, 0) is 17.6 Å². The minimum atomic E-state index is -0.0358. The summed E-state index contributed by atoms with van der Waals surface area (Å²) in [6.45, 7) is 2.24. The lowest BCUT2D eigenvalue weighted by Gasteiger charge is -2.12. The van der Waals surface area contributed by atoms with Crippen molar-refractivity contribution in [2.24, 2.45) is 0 Å². The number of carbonyl (C=O) groups excluding carboxylic acids is 1. The fraction of sp³-hybridized carbons (Fsp3) is 0.353. The van der Waals surface area contributed by atoms with E-state index in [1.54, 1.807) is 6.26 Å². The van der Waals surface area contributed by atoms with E-state index in [2.05, 4.69) is 22.8 Å². The monoisotopic (exact) mass is 284 g/mol. The van der Waals surface area contributed by atoms with Gasteiger partial charge in [-0.25, -0.2) is 0 Å². The van der Waals surface area contributed by atoms with Crippen molar-refractivity contribution in [2.45, 2.75) is 32.2 Å². The largest absolute Gasteiger partial charge is 0.468 e. The Morgan fingerprint density at radius 2 is 2.14 bits per heavy atom. The third kappa shape index (κ3) is 3.34. The Hall–Kier alpha value is -2.07. The molecular weight excluding hydrogens is 264 g/mol. The second kappa shape index (κ2) is 6.14. The predicted octanol–water partition coefficient (Wildman–Crippen LogP) is 3.06. The van der Waals surface area contributed by atoms with Gasteiger partial charge in [-0.05, 0) is 61.6 Å². The molecule has 2 N–H and O–H groups in total. The summed E-state index contributed by atoms with van der Waals surface area (Å²) in [5.41, 5.74) is 3.66. The fourth-order valence-corrected chi connectivity index (χ4v) is 2.74. The molecule has 1 aromatic carbocycles. The number of hydrogen-bond donors (Lipinski definition) is 2. The number of amides is 1. The smallest absolute Gasteiger partial charge is 0.238 e. The van der Waals surface area contributed by atoms with Crippen LogP contribution < -0.4 is 10.6 Å². The quantitative estimate of drug-likeness (QED) is 0.887. The number of furan rings is 1. The molecule has 0 bridgehead atoms. The van der Waals surface area contributed by atoms with Crippen molar-refractivity contribution in [1.29, 1.82) is 0 Å². The first-order valence-corrected chi connectivity index (χ1v) is 7.41. The highest BCUT2D eigenvalue weighted by molar-refractivity contribution is 5.92. The summed E-state index contributed by atoms with van der Waals surface area (Å²) in [4.78, 5) is 12.0. The van der Waals surface area contributed by atoms with Crippen LogP contribution in [-0.4, -0.2) is 12.5 Å². The molecule has 4 nitrogen and oxygen atoms in total. The van der Waals surface area contributed by atoms with Crippen LogP contribution in [0.3, 0.4) is 0 Å². The predicted molar refractivity (Wildman–Crippen MR) is 82.2 cm³/mol. The number of rotatable bonds is 5. The van der Waals surface area contributed by atoms with Crippen LogP contribution in [0, 0.1) is 0 Å². The maximum Gasteiger partial charge on any atom is 0.238 e. The zero-order chi connectivity index (χ0) is 14.7. The maximum absolute atomic E-state index is 12.0. The van der Waals surface area contributed by atoms with E-state index in [1.165, 1.54) is 17.5 Å². The van der Waals surface area contributed by atoms with Crippen molar-refractivity contribution in [3.05, 3.63) is 53.5 Å². The highest BCUT2D eigenvalue weighted by atomic mass is 16.3. The molecule has 110 valence electrons. The van der Waals surface area contributed by atoms with E-state index >= 15 is 0 Å². The molecule has 1 aliphatic rings. The Bertz CT molecular complexity index is 620. The van der Waals surface area contributed by atoms with Crippen LogP contribution in [0.4, 0.5) is 5.69 Å². The Morgan fingerprint density at radius 1 is 1.29 bits per heavy atom. The van der Waals surface area contributed by atoms with Gasteiger partial charge in [0.2, 0.25) is 5.91 Å². The Kier molecular flexibility index (Phi) is 4.06. The van der Waals surface area contributed by atoms with Gasteiger partial charge in [-0.2, -0.15) is 0 Å². The number of aryl methyl sites for hydroxylation is 2. The van der Waals surface area contributed by atoms with E-state index in [0.29, 0.717) is 0 Å². The fourth-order valence-electron chi connectivity index (χ4n) is 2.74. The number of hydrogen-bond acceptors (Lipinski definition) is 3. The molecule has 0 spiro atoms. The van der Waals surface area contributed by atoms with Gasteiger partial charge < -0.3 is 9.73 Å². The SMILES string of the molecule is C[C@@H](NCC(=O)Nc1ccc2c(c1)CCC2)c1ccco1. The number of carbonyl (C=O) groups is 1. The summed E-state index contributed by atoms with van der Waals surface area (Å²) in [5.74, 6) is 0.798. The van der Waals surface area contributed by atoms with Crippen molar-refractivity contribution < 1.29 is 9.21 Å². The summed E-state index contributed by atoms with van der Waals surface area (Å²) in [6, 6.07) is 9.96. The van der Waals surface area contributed by atoms with Crippen LogP contribution in [0.5, 0.6) is 0 Å². The Morgan fingerprint density at radius 3 is 2.95 bits per heavy atom. The average Bonchev–Trinajstić information content (AvgIpc) is 3.15. The van der Waals surface area contributed by atoms with Crippen molar-refractivity contribution in [3.63, 3.8) is 0 Å². The van der Waals surface area contributed by atoms with Gasteiger partial charge in [0.25, 0.3) is 0 Å². The molecule has 0 saturated carbocycles. The molecule has 0 saturated heterocycles. The summed E-state index contributed by atoms with van der Waals surface area (Å²) >= 11 is 0. The second-order valence-electron chi connectivity index (χ2n) is 5.50. The van der Waals surface area contributed by atoms with Gasteiger partial charge in [-0.15, -0.1) is 0 Å². The molecule has 0 radical (unpaired) electrons. The topological polar surface area (TPSA) is 54.3 Å². The molecular formula is C17H20N2O2. The Balaban J connectivity index is 1.52. The molecule has 1 atom stereocenters. The van der Waals surface area contributed by atoms with Crippen molar-refractivity contribution >= 4 is 11.6 Å². The van der Waals surface area contributed by atoms with E-state index in [1.807, 2.05) is 25.1 Å². The minimum absolute atomic E-state index is 0.0192. The minimum Gasteiger partial charge on any atom is -0.468 e. The molecule has 1 aliphatic carbocycles. The maximum atomic E-state index is 12.0. The van der Waals surface area contributed by atoms with Gasteiger partial charge in [-0.1, -0.05) is 6.07 Å². The highest BCUT2D eigenvalue weighted by Crippen LogP contribution is 2.24. The number of anilines is 1. The zero-order valence-corrected chi connectivity index (χ0v) is 12.2. The molecule has 1 aromatic heterocycles. The summed E-state index contributed by atoms with van der Waals surface area (Å²) in [6.07, 6.45) is 5.13. The van der Waals surface area contributed by atoms with Gasteiger partial charge in [0, 0.05) is 5.69 Å². The molecule has 21 heavy (non-hydrogen) atoms. The first-order chi connectivity index (χ1) is 10.2. The number of nitrogens with one attached hydrogen (secondary N) is 2. The van der Waals surface area contributed by atoms with E-state index in [9.17, 15) is 4.79 Å². The van der Waals surface area contributed by atoms with Crippen LogP contribution >= 0.6 is 0 Å². The summed E-state index contributed by atoms with van der Waals surface area (Å²) in [7, 11) is 0. The molecule has 1 amide bonds. The third-order valence-electron chi connectivity index (χ3n) is 3.92. The van der Waals surface area contributed by atoms with Crippen LogP contribution in [0.1, 0.15) is 36.3 Å². The molecule has 1 heterocycles. The van der Waals surface area contributed by atoms with E-state index in [0.717, 1.165) is 24.3 Å². The molecule has 2 aromatic rings. The molecule has 0 unspecified atom stereocenters. The van der Waals surface area contributed by atoms with Gasteiger partial charge in [0.05, 0.1) is 18.8 Å². The highest BCUT2D eigenvalue weighted by Gasteiger charge is 2.13.